The van der Waals surface area contributed by atoms with Crippen molar-refractivity contribution >= 4 is 20.8 Å². The quantitative estimate of drug-likeness (QED) is 0.304. The zero-order valence-electron chi connectivity index (χ0n) is 6.74. The molecule has 0 atom stereocenters. The first-order chi connectivity index (χ1) is 4.00. The van der Waals surface area contributed by atoms with E-state index >= 15 is 0 Å². The van der Waals surface area contributed by atoms with Crippen molar-refractivity contribution in [1.82, 2.24) is 0 Å². The van der Waals surface area contributed by atoms with E-state index in [-0.39, 0.29) is 48.1 Å². The molecule has 0 saturated heterocycles. The van der Waals surface area contributed by atoms with Gasteiger partial charge in [0.1, 0.15) is 0 Å². The third-order valence-electron chi connectivity index (χ3n) is 0. The second-order valence-corrected chi connectivity index (χ2v) is 2.69. The van der Waals surface area contributed by atoms with Crippen molar-refractivity contribution in [2.75, 3.05) is 0 Å². The molecule has 0 spiro atoms. The third-order valence-corrected chi connectivity index (χ3v) is 0. The van der Waals surface area contributed by atoms with Crippen molar-refractivity contribution in [2.24, 2.45) is 0 Å². The van der Waals surface area contributed by atoms with Crippen molar-refractivity contribution in [3.63, 3.8) is 0 Å². The van der Waals surface area contributed by atoms with E-state index in [2.05, 4.69) is 0 Å². The Morgan fingerprint density at radius 1 is 0.533 bits per heavy atom. The average Bonchev–Trinajstić information content (AvgIpc) is 1.12. The molecule has 0 amide bonds. The van der Waals surface area contributed by atoms with Crippen LogP contribution in [0.4, 0.5) is 0 Å². The molecule has 0 bridgehead atoms. The van der Waals surface area contributed by atoms with Gasteiger partial charge in [0.05, 0.1) is 0 Å². The van der Waals surface area contributed by atoms with Crippen molar-refractivity contribution in [3.05, 3.63) is 0 Å². The van der Waals surface area contributed by atoms with Gasteiger partial charge in [-0.2, -0.15) is 16.8 Å². The summed E-state index contributed by atoms with van der Waals surface area (Å²) in [5.74, 6) is 0. The van der Waals surface area contributed by atoms with Crippen molar-refractivity contribution < 1.29 is 83.2 Å². The van der Waals surface area contributed by atoms with Gasteiger partial charge in [0, 0.05) is 26.2 Å². The molecule has 100 valence electrons. The predicted molar refractivity (Wildman–Crippen MR) is 42.8 cm³/mol. The first-order valence-corrected chi connectivity index (χ1v) is 4.19. The normalized spacial score (nSPS) is 7.73. The average molecular weight is 359 g/mol. The molecule has 0 saturated carbocycles. The number of hydrogen-bond acceptors (Lipinski definition) is 4. The van der Waals surface area contributed by atoms with Gasteiger partial charge >= 0.3 is 20.8 Å². The molecule has 12 N–H and O–H groups in total. The summed E-state index contributed by atoms with van der Waals surface area (Å²) in [4.78, 5) is 0. The number of rotatable bonds is 0. The molecule has 0 fully saturated rings. The van der Waals surface area contributed by atoms with Gasteiger partial charge in [0.25, 0.3) is 0 Å². The van der Waals surface area contributed by atoms with E-state index in [0.717, 1.165) is 0 Å². The Kier molecular flexibility index (Phi) is 50.8. The van der Waals surface area contributed by atoms with Crippen LogP contribution in [-0.2, 0) is 47.0 Å². The fourth-order valence-electron chi connectivity index (χ4n) is 0. The molecular weight excluding hydrogens is 347 g/mol. The third kappa shape index (κ3) is 10500. The Hall–Kier alpha value is 0.463. The van der Waals surface area contributed by atoms with Crippen LogP contribution in [-0.4, -0.2) is 57.0 Å². The van der Waals surface area contributed by atoms with E-state index in [0.29, 0.717) is 0 Å². The van der Waals surface area contributed by atoms with Gasteiger partial charge < -0.3 is 21.9 Å². The minimum atomic E-state index is -4.67. The second kappa shape index (κ2) is 16.9. The molecule has 15 heteroatoms. The summed E-state index contributed by atoms with van der Waals surface area (Å²) in [5.41, 5.74) is 0. The topological polar surface area (TPSA) is 275 Å². The Labute approximate surface area is 104 Å². The van der Waals surface area contributed by atoms with Crippen LogP contribution in [0.1, 0.15) is 0 Å². The van der Waals surface area contributed by atoms with Gasteiger partial charge in [0.2, 0.25) is 0 Å². The van der Waals surface area contributed by atoms with Gasteiger partial charge in [-0.1, -0.05) is 0 Å². The van der Waals surface area contributed by atoms with Crippen LogP contribution in [0.25, 0.3) is 0 Å². The molecule has 0 heterocycles. The summed E-state index contributed by atoms with van der Waals surface area (Å²) in [5, 5.41) is 0. The Bertz CT molecular complexity index is 210. The first kappa shape index (κ1) is 45.2. The van der Waals surface area contributed by atoms with Crippen LogP contribution in [0.15, 0.2) is 0 Å². The van der Waals surface area contributed by atoms with E-state index in [4.69, 9.17) is 35.0 Å². The maximum Gasteiger partial charge on any atom is 0.394 e. The molecule has 0 radical (unpaired) electrons. The molecule has 12 nitrogen and oxygen atoms in total. The molecular formula is H12O12S2Zr. The zero-order valence-corrected chi connectivity index (χ0v) is 10.8. The summed E-state index contributed by atoms with van der Waals surface area (Å²) >= 11 is 0. The molecule has 0 rings (SSSR count). The van der Waals surface area contributed by atoms with E-state index in [1.54, 1.807) is 0 Å². The molecule has 0 aliphatic carbocycles. The fraction of sp³-hybridized carbons (Fsp3) is 0. The summed E-state index contributed by atoms with van der Waals surface area (Å²) in [6, 6.07) is 0. The maximum absolute atomic E-state index is 8.74. The van der Waals surface area contributed by atoms with Crippen molar-refractivity contribution in [2.45, 2.75) is 0 Å². The minimum absolute atomic E-state index is 0. The van der Waals surface area contributed by atoms with Crippen LogP contribution in [0, 0.1) is 0 Å². The molecule has 0 aliphatic rings. The van der Waals surface area contributed by atoms with Crippen LogP contribution in [0.5, 0.6) is 0 Å². The molecule has 0 aliphatic heterocycles. The summed E-state index contributed by atoms with van der Waals surface area (Å²) < 4.78 is 63.2. The van der Waals surface area contributed by atoms with Gasteiger partial charge in [-0.25, -0.2) is 0 Å². The maximum atomic E-state index is 8.74. The van der Waals surface area contributed by atoms with Crippen LogP contribution >= 0.6 is 0 Å². The van der Waals surface area contributed by atoms with Crippen LogP contribution < -0.4 is 0 Å². The SMILES string of the molecule is O.O.O.O.O=S(=O)(O)O.O=S(=O)(O)O.[Zr]. The largest absolute Gasteiger partial charge is 0.412 e. The molecule has 0 aromatic heterocycles. The van der Waals surface area contributed by atoms with E-state index in [1.807, 2.05) is 0 Å². The summed E-state index contributed by atoms with van der Waals surface area (Å²) in [7, 11) is -9.33. The summed E-state index contributed by atoms with van der Waals surface area (Å²) in [6.45, 7) is 0. The smallest absolute Gasteiger partial charge is 0.394 e. The number of hydrogen-bond donors (Lipinski definition) is 4. The monoisotopic (exact) mass is 358 g/mol. The Morgan fingerprint density at radius 3 is 0.533 bits per heavy atom. The van der Waals surface area contributed by atoms with E-state index in [9.17, 15) is 0 Å². The van der Waals surface area contributed by atoms with Gasteiger partial charge in [-0.05, 0) is 0 Å². The Balaban J connectivity index is -0.0000000128. The second-order valence-electron chi connectivity index (χ2n) is 0.896. The summed E-state index contributed by atoms with van der Waals surface area (Å²) in [6.07, 6.45) is 0. The minimum Gasteiger partial charge on any atom is -0.412 e. The fourth-order valence-corrected chi connectivity index (χ4v) is 0. The molecule has 0 aromatic rings. The van der Waals surface area contributed by atoms with Crippen molar-refractivity contribution in [1.29, 1.82) is 0 Å². The van der Waals surface area contributed by atoms with Gasteiger partial charge in [-0.3, -0.25) is 18.2 Å². The van der Waals surface area contributed by atoms with Crippen LogP contribution in [0.2, 0.25) is 0 Å². The van der Waals surface area contributed by atoms with Crippen LogP contribution in [0.3, 0.4) is 0 Å². The predicted octanol–water partition coefficient (Wildman–Crippen LogP) is -4.61. The van der Waals surface area contributed by atoms with E-state index < -0.39 is 20.8 Å². The Morgan fingerprint density at radius 2 is 0.533 bits per heavy atom. The van der Waals surface area contributed by atoms with E-state index in [1.165, 1.54) is 0 Å². The first-order valence-electron chi connectivity index (χ1n) is 1.40. The molecule has 0 unspecified atom stereocenters. The molecule has 0 aromatic carbocycles. The standard InChI is InChI=1S/2H2O4S.4H2O.Zr/c2*1-5(2,3)4;;;;;/h2*(H2,1,2,3,4);4*1H2;. The zero-order chi connectivity index (χ0) is 9.00. The van der Waals surface area contributed by atoms with Gasteiger partial charge in [-0.15, -0.1) is 0 Å². The van der Waals surface area contributed by atoms with Crippen molar-refractivity contribution in [3.8, 4) is 0 Å². The molecule has 15 heavy (non-hydrogen) atoms. The van der Waals surface area contributed by atoms with Gasteiger partial charge in [0.15, 0.2) is 0 Å².